The molecule has 2 N–H and O–H groups in total. The Hall–Kier alpha value is -2.30. The van der Waals surface area contributed by atoms with E-state index >= 15 is 0 Å². The van der Waals surface area contributed by atoms with Crippen LogP contribution in [0.25, 0.3) is 0 Å². The highest BCUT2D eigenvalue weighted by Gasteiger charge is 2.00. The maximum absolute atomic E-state index is 5.15. The Morgan fingerprint density at radius 2 is 1.73 bits per heavy atom. The predicted octanol–water partition coefficient (Wildman–Crippen LogP) is 3.56. The van der Waals surface area contributed by atoms with Gasteiger partial charge in [-0.2, -0.15) is 0 Å². The minimum absolute atomic E-state index is 0.682. The lowest BCUT2D eigenvalue weighted by atomic mass is 10.1. The molecule has 0 fully saturated rings. The first-order chi connectivity index (χ1) is 10.7. The number of nitrogens with one attached hydrogen (secondary N) is 2. The van der Waals surface area contributed by atoms with Crippen molar-refractivity contribution in [2.45, 2.75) is 26.8 Å². The van der Waals surface area contributed by atoms with Crippen molar-refractivity contribution in [1.29, 1.82) is 0 Å². The third-order valence-corrected chi connectivity index (χ3v) is 3.33. The maximum atomic E-state index is 5.15. The maximum Gasteiger partial charge on any atom is 0.131 e. The standard InChI is InChI=1S/C17H24N4O/c1-13(2)8-9-18-16-10-17(21-12-20-16)19-11-14-4-6-15(22-3)7-5-14/h4-7,10,12-13H,8-9,11H2,1-3H3,(H2,18,19,20,21). The number of nitrogens with zero attached hydrogens (tertiary/aromatic N) is 2. The number of benzene rings is 1. The van der Waals surface area contributed by atoms with Gasteiger partial charge in [0.2, 0.25) is 0 Å². The zero-order valence-corrected chi connectivity index (χ0v) is 13.5. The van der Waals surface area contributed by atoms with E-state index in [1.165, 1.54) is 5.56 Å². The van der Waals surface area contributed by atoms with Crippen LogP contribution >= 0.6 is 0 Å². The summed E-state index contributed by atoms with van der Waals surface area (Å²) in [6, 6.07) is 9.92. The summed E-state index contributed by atoms with van der Waals surface area (Å²) in [5.74, 6) is 3.22. The molecule has 1 aromatic carbocycles. The molecular weight excluding hydrogens is 276 g/mol. The number of aromatic nitrogens is 2. The smallest absolute Gasteiger partial charge is 0.131 e. The highest BCUT2D eigenvalue weighted by molar-refractivity contribution is 5.46. The fraction of sp³-hybridized carbons (Fsp3) is 0.412. The average molecular weight is 300 g/mol. The van der Waals surface area contributed by atoms with Gasteiger partial charge in [0.25, 0.3) is 0 Å². The molecule has 1 aromatic heterocycles. The Balaban J connectivity index is 1.86. The highest BCUT2D eigenvalue weighted by Crippen LogP contribution is 2.14. The molecule has 0 atom stereocenters. The van der Waals surface area contributed by atoms with Crippen LogP contribution in [-0.2, 0) is 6.54 Å². The van der Waals surface area contributed by atoms with Crippen molar-refractivity contribution in [2.75, 3.05) is 24.3 Å². The van der Waals surface area contributed by atoms with Crippen LogP contribution in [0.2, 0.25) is 0 Å². The van der Waals surface area contributed by atoms with Gasteiger partial charge in [-0.15, -0.1) is 0 Å². The summed E-state index contributed by atoms with van der Waals surface area (Å²) in [7, 11) is 1.67. The number of rotatable bonds is 8. The molecule has 0 saturated heterocycles. The Kier molecular flexibility index (Phi) is 6.01. The van der Waals surface area contributed by atoms with Crippen LogP contribution in [0.3, 0.4) is 0 Å². The van der Waals surface area contributed by atoms with E-state index in [2.05, 4.69) is 34.4 Å². The topological polar surface area (TPSA) is 59.1 Å². The van der Waals surface area contributed by atoms with E-state index in [0.29, 0.717) is 12.5 Å². The summed E-state index contributed by atoms with van der Waals surface area (Å²) in [4.78, 5) is 8.48. The lowest BCUT2D eigenvalue weighted by Crippen LogP contribution is -2.08. The zero-order valence-electron chi connectivity index (χ0n) is 13.5. The molecule has 0 spiro atoms. The van der Waals surface area contributed by atoms with Crippen LogP contribution in [0.1, 0.15) is 25.8 Å². The molecule has 0 amide bonds. The van der Waals surface area contributed by atoms with Gasteiger partial charge >= 0.3 is 0 Å². The average Bonchev–Trinajstić information content (AvgIpc) is 2.53. The molecule has 1 heterocycles. The zero-order chi connectivity index (χ0) is 15.8. The van der Waals surface area contributed by atoms with Gasteiger partial charge in [-0.3, -0.25) is 0 Å². The number of methoxy groups -OCH3 is 1. The van der Waals surface area contributed by atoms with E-state index < -0.39 is 0 Å². The van der Waals surface area contributed by atoms with Gasteiger partial charge in [-0.25, -0.2) is 9.97 Å². The van der Waals surface area contributed by atoms with Crippen LogP contribution in [-0.4, -0.2) is 23.6 Å². The largest absolute Gasteiger partial charge is 0.497 e. The monoisotopic (exact) mass is 300 g/mol. The Morgan fingerprint density at radius 3 is 2.36 bits per heavy atom. The number of anilines is 2. The number of hydrogen-bond acceptors (Lipinski definition) is 5. The summed E-state index contributed by atoms with van der Waals surface area (Å²) >= 11 is 0. The van der Waals surface area contributed by atoms with Crippen LogP contribution in [0.15, 0.2) is 36.7 Å². The molecule has 22 heavy (non-hydrogen) atoms. The molecule has 0 radical (unpaired) electrons. The predicted molar refractivity (Wildman–Crippen MR) is 90.3 cm³/mol. The number of ether oxygens (including phenoxy) is 1. The van der Waals surface area contributed by atoms with Gasteiger partial charge in [0, 0.05) is 19.2 Å². The molecule has 0 unspecified atom stereocenters. The SMILES string of the molecule is COc1ccc(CNc2cc(NCCC(C)C)ncn2)cc1. The van der Waals surface area contributed by atoms with Crippen LogP contribution in [0, 0.1) is 5.92 Å². The fourth-order valence-corrected chi connectivity index (χ4v) is 1.98. The van der Waals surface area contributed by atoms with Crippen molar-refractivity contribution in [3.05, 3.63) is 42.2 Å². The molecule has 0 aliphatic rings. The van der Waals surface area contributed by atoms with Crippen molar-refractivity contribution >= 4 is 11.6 Å². The minimum atomic E-state index is 0.682. The molecule has 118 valence electrons. The van der Waals surface area contributed by atoms with Crippen molar-refractivity contribution in [1.82, 2.24) is 9.97 Å². The molecule has 0 aliphatic carbocycles. The van der Waals surface area contributed by atoms with E-state index in [9.17, 15) is 0 Å². The second-order valence-electron chi connectivity index (χ2n) is 5.60. The summed E-state index contributed by atoms with van der Waals surface area (Å²) in [5, 5.41) is 6.63. The molecule has 5 nitrogen and oxygen atoms in total. The highest BCUT2D eigenvalue weighted by atomic mass is 16.5. The molecular formula is C17H24N4O. The fourth-order valence-electron chi connectivity index (χ4n) is 1.98. The van der Waals surface area contributed by atoms with Crippen molar-refractivity contribution in [2.24, 2.45) is 5.92 Å². The van der Waals surface area contributed by atoms with E-state index in [4.69, 9.17) is 4.74 Å². The van der Waals surface area contributed by atoms with Gasteiger partial charge in [0.15, 0.2) is 0 Å². The van der Waals surface area contributed by atoms with Gasteiger partial charge in [-0.05, 0) is 30.0 Å². The van der Waals surface area contributed by atoms with Crippen molar-refractivity contribution < 1.29 is 4.74 Å². The lowest BCUT2D eigenvalue weighted by molar-refractivity contribution is 0.414. The lowest BCUT2D eigenvalue weighted by Gasteiger charge is -2.10. The van der Waals surface area contributed by atoms with Gasteiger partial charge in [0.05, 0.1) is 7.11 Å². The molecule has 0 bridgehead atoms. The van der Waals surface area contributed by atoms with E-state index in [1.54, 1.807) is 13.4 Å². The Bertz CT molecular complexity index is 569. The number of hydrogen-bond donors (Lipinski definition) is 2. The van der Waals surface area contributed by atoms with E-state index in [-0.39, 0.29) is 0 Å². The molecule has 5 heteroatoms. The van der Waals surface area contributed by atoms with Crippen molar-refractivity contribution in [3.8, 4) is 5.75 Å². The Morgan fingerprint density at radius 1 is 1.05 bits per heavy atom. The summed E-state index contributed by atoms with van der Waals surface area (Å²) in [6.45, 7) is 6.06. The summed E-state index contributed by atoms with van der Waals surface area (Å²) in [5.41, 5.74) is 1.17. The van der Waals surface area contributed by atoms with E-state index in [1.807, 2.05) is 30.3 Å². The molecule has 0 saturated carbocycles. The van der Waals surface area contributed by atoms with Crippen molar-refractivity contribution in [3.63, 3.8) is 0 Å². The summed E-state index contributed by atoms with van der Waals surface area (Å²) in [6.07, 6.45) is 2.70. The second-order valence-corrected chi connectivity index (χ2v) is 5.60. The first-order valence-corrected chi connectivity index (χ1v) is 7.60. The minimum Gasteiger partial charge on any atom is -0.497 e. The molecule has 2 rings (SSSR count). The first kappa shape index (κ1) is 16.1. The molecule has 0 aliphatic heterocycles. The summed E-state index contributed by atoms with van der Waals surface area (Å²) < 4.78 is 5.15. The van der Waals surface area contributed by atoms with Crippen LogP contribution in [0.4, 0.5) is 11.6 Å². The van der Waals surface area contributed by atoms with Gasteiger partial charge in [-0.1, -0.05) is 26.0 Å². The third-order valence-electron chi connectivity index (χ3n) is 3.33. The van der Waals surface area contributed by atoms with Crippen LogP contribution in [0.5, 0.6) is 5.75 Å². The third kappa shape index (κ3) is 5.24. The Labute approximate surface area is 132 Å². The molecule has 2 aromatic rings. The normalized spacial score (nSPS) is 10.5. The second kappa shape index (κ2) is 8.22. The van der Waals surface area contributed by atoms with Gasteiger partial charge in [0.1, 0.15) is 23.7 Å². The van der Waals surface area contributed by atoms with Crippen LogP contribution < -0.4 is 15.4 Å². The van der Waals surface area contributed by atoms with E-state index in [0.717, 1.165) is 30.4 Å². The quantitative estimate of drug-likeness (QED) is 0.780. The first-order valence-electron chi connectivity index (χ1n) is 7.60. The van der Waals surface area contributed by atoms with Gasteiger partial charge < -0.3 is 15.4 Å².